The number of carbonyl (C=O) groups excluding carboxylic acids is 1. The number of aliphatic hydroxyl groups is 1. The lowest BCUT2D eigenvalue weighted by molar-refractivity contribution is 0.0851. The Morgan fingerprint density at radius 2 is 1.82 bits per heavy atom. The molecule has 40 heavy (non-hydrogen) atoms. The molecule has 0 saturated heterocycles. The van der Waals surface area contributed by atoms with Crippen LogP contribution in [0, 0.1) is 0 Å². The molecule has 5 rings (SSSR count). The Morgan fingerprint density at radius 3 is 2.55 bits per heavy atom. The topological polar surface area (TPSA) is 104 Å². The number of anilines is 2. The highest BCUT2D eigenvalue weighted by atomic mass is 35.5. The molecule has 0 radical (unpaired) electrons. The van der Waals surface area contributed by atoms with E-state index in [9.17, 15) is 18.3 Å². The van der Waals surface area contributed by atoms with Crippen molar-refractivity contribution >= 4 is 49.8 Å². The number of aromatic nitrogens is 1. The predicted octanol–water partition coefficient (Wildman–Crippen LogP) is 4.45. The summed E-state index contributed by atoms with van der Waals surface area (Å²) in [5.74, 6) is -0.386. The second-order valence-corrected chi connectivity index (χ2v) is 12.6. The Hall–Kier alpha value is -3.53. The van der Waals surface area contributed by atoms with Crippen molar-refractivity contribution in [3.63, 3.8) is 0 Å². The Labute approximate surface area is 239 Å². The van der Waals surface area contributed by atoms with E-state index in [1.165, 1.54) is 11.4 Å². The van der Waals surface area contributed by atoms with Crippen molar-refractivity contribution in [3.05, 3.63) is 94.6 Å². The summed E-state index contributed by atoms with van der Waals surface area (Å²) < 4.78 is 29.1. The van der Waals surface area contributed by atoms with E-state index in [4.69, 9.17) is 11.6 Å². The van der Waals surface area contributed by atoms with Crippen molar-refractivity contribution in [2.45, 2.75) is 38.5 Å². The number of para-hydroxylation sites is 1. The summed E-state index contributed by atoms with van der Waals surface area (Å²) in [5, 5.41) is 18.8. The predicted molar refractivity (Wildman–Crippen MR) is 161 cm³/mol. The molecule has 0 spiro atoms. The first-order valence-corrected chi connectivity index (χ1v) is 15.3. The molecule has 2 heterocycles. The Balaban J connectivity index is 1.46. The number of halogens is 1. The summed E-state index contributed by atoms with van der Waals surface area (Å²) in [6.07, 6.45) is 1.85. The zero-order valence-electron chi connectivity index (χ0n) is 22.5. The second kappa shape index (κ2) is 11.5. The SMILES string of the molecule is CCn1cc2c3c(cc(C(=O)N[C@@H](Cc4ccccc4)[C@H](O)CNc4ccccc4Cl)cc31)N(C)S(=O)(=O)CC2. The van der Waals surface area contributed by atoms with Crippen LogP contribution in [0.5, 0.6) is 0 Å². The van der Waals surface area contributed by atoms with Crippen LogP contribution in [-0.2, 0) is 29.4 Å². The third-order valence-electron chi connectivity index (χ3n) is 7.48. The van der Waals surface area contributed by atoms with E-state index in [2.05, 4.69) is 10.6 Å². The van der Waals surface area contributed by atoms with Crippen molar-refractivity contribution in [2.24, 2.45) is 0 Å². The van der Waals surface area contributed by atoms with Crippen LogP contribution in [-0.4, -0.2) is 55.5 Å². The molecular weight excluding hydrogens is 548 g/mol. The van der Waals surface area contributed by atoms with Gasteiger partial charge >= 0.3 is 0 Å². The number of hydrogen-bond acceptors (Lipinski definition) is 5. The lowest BCUT2D eigenvalue weighted by Crippen LogP contribution is -2.47. The van der Waals surface area contributed by atoms with Gasteiger partial charge in [0, 0.05) is 37.3 Å². The van der Waals surface area contributed by atoms with Gasteiger partial charge in [0.05, 0.1) is 39.8 Å². The third kappa shape index (κ3) is 5.68. The molecule has 2 atom stereocenters. The van der Waals surface area contributed by atoms with Crippen LogP contribution in [0.25, 0.3) is 10.9 Å². The largest absolute Gasteiger partial charge is 0.389 e. The number of hydrogen-bond donors (Lipinski definition) is 3. The minimum Gasteiger partial charge on any atom is -0.389 e. The molecule has 10 heteroatoms. The fourth-order valence-electron chi connectivity index (χ4n) is 5.21. The maximum Gasteiger partial charge on any atom is 0.251 e. The van der Waals surface area contributed by atoms with Gasteiger partial charge in [-0.1, -0.05) is 54.1 Å². The van der Waals surface area contributed by atoms with Crippen molar-refractivity contribution in [1.29, 1.82) is 0 Å². The van der Waals surface area contributed by atoms with Crippen molar-refractivity contribution in [3.8, 4) is 0 Å². The van der Waals surface area contributed by atoms with Crippen molar-refractivity contribution < 1.29 is 18.3 Å². The van der Waals surface area contributed by atoms with Gasteiger partial charge in [0.15, 0.2) is 0 Å². The van der Waals surface area contributed by atoms with E-state index < -0.39 is 28.1 Å². The first-order valence-electron chi connectivity index (χ1n) is 13.3. The maximum atomic E-state index is 13.7. The van der Waals surface area contributed by atoms with Crippen LogP contribution in [0.4, 0.5) is 11.4 Å². The van der Waals surface area contributed by atoms with Gasteiger partial charge in [-0.05, 0) is 55.2 Å². The molecule has 1 aliphatic heterocycles. The molecule has 1 aromatic heterocycles. The van der Waals surface area contributed by atoms with E-state index >= 15 is 0 Å². The lowest BCUT2D eigenvalue weighted by atomic mass is 10.00. The van der Waals surface area contributed by atoms with Crippen molar-refractivity contribution in [2.75, 3.05) is 29.0 Å². The molecule has 1 amide bonds. The summed E-state index contributed by atoms with van der Waals surface area (Å²) in [7, 11) is -1.99. The average molecular weight is 581 g/mol. The van der Waals surface area contributed by atoms with Crippen molar-refractivity contribution in [1.82, 2.24) is 9.88 Å². The van der Waals surface area contributed by atoms with Gasteiger partial charge in [-0.2, -0.15) is 0 Å². The van der Waals surface area contributed by atoms with Crippen LogP contribution >= 0.6 is 11.6 Å². The van der Waals surface area contributed by atoms with Crippen LogP contribution in [0.3, 0.4) is 0 Å². The third-order valence-corrected chi connectivity index (χ3v) is 9.56. The number of sulfonamides is 1. The lowest BCUT2D eigenvalue weighted by Gasteiger charge is -2.26. The van der Waals surface area contributed by atoms with Crippen LogP contribution in [0.1, 0.15) is 28.4 Å². The number of nitrogens with one attached hydrogen (secondary N) is 2. The molecule has 0 saturated carbocycles. The van der Waals surface area contributed by atoms with E-state index in [1.807, 2.05) is 66.2 Å². The number of carbonyl (C=O) groups is 1. The van der Waals surface area contributed by atoms with Gasteiger partial charge in [0.1, 0.15) is 0 Å². The molecule has 0 unspecified atom stereocenters. The summed E-state index contributed by atoms with van der Waals surface area (Å²) in [5.41, 5.74) is 4.23. The quantitative estimate of drug-likeness (QED) is 0.271. The molecule has 1 aliphatic rings. The van der Waals surface area contributed by atoms with Gasteiger partial charge in [-0.25, -0.2) is 8.42 Å². The maximum absolute atomic E-state index is 13.7. The molecular formula is C30H33ClN4O4S. The van der Waals surface area contributed by atoms with Gasteiger partial charge in [-0.3, -0.25) is 9.10 Å². The Morgan fingerprint density at radius 1 is 1.10 bits per heavy atom. The standard InChI is InChI=1S/C30H33ClN4O4S/c1-3-35-19-21-13-14-40(38,39)34(2)26-16-22(17-27(35)29(21)26)30(37)33-25(15-20-9-5-4-6-10-20)28(36)18-32-24-12-8-7-11-23(24)31/h4-12,16-17,19,25,28,32,36H,3,13-15,18H2,1-2H3,(H,33,37)/t25-,28+/m0/s1. The number of amides is 1. The van der Waals surface area contributed by atoms with Gasteiger partial charge in [-0.15, -0.1) is 0 Å². The minimum atomic E-state index is -3.52. The first kappa shape index (κ1) is 28.0. The summed E-state index contributed by atoms with van der Waals surface area (Å²) in [6.45, 7) is 2.86. The highest BCUT2D eigenvalue weighted by molar-refractivity contribution is 7.92. The van der Waals surface area contributed by atoms with Crippen LogP contribution < -0.4 is 14.9 Å². The van der Waals surface area contributed by atoms with Crippen LogP contribution in [0.2, 0.25) is 5.02 Å². The molecule has 0 fully saturated rings. The first-order chi connectivity index (χ1) is 19.2. The van der Waals surface area contributed by atoms with E-state index in [-0.39, 0.29) is 12.3 Å². The van der Waals surface area contributed by atoms with Gasteiger partial charge in [0.2, 0.25) is 10.0 Å². The molecule has 4 aromatic rings. The molecule has 0 bridgehead atoms. The number of aliphatic hydroxyl groups excluding tert-OH is 1. The smallest absolute Gasteiger partial charge is 0.251 e. The molecule has 8 nitrogen and oxygen atoms in total. The molecule has 0 aliphatic carbocycles. The van der Waals surface area contributed by atoms with Crippen LogP contribution in [0.15, 0.2) is 72.9 Å². The normalized spacial score (nSPS) is 15.8. The number of rotatable bonds is 9. The summed E-state index contributed by atoms with van der Waals surface area (Å²) >= 11 is 6.27. The Kier molecular flexibility index (Phi) is 8.07. The minimum absolute atomic E-state index is 0.00626. The number of aryl methyl sites for hydroxylation is 2. The molecule has 210 valence electrons. The van der Waals surface area contributed by atoms with E-state index in [1.54, 1.807) is 18.2 Å². The van der Waals surface area contributed by atoms with Gasteiger partial charge < -0.3 is 20.3 Å². The zero-order valence-corrected chi connectivity index (χ0v) is 24.0. The molecule has 3 aromatic carbocycles. The average Bonchev–Trinajstić information content (AvgIpc) is 3.28. The highest BCUT2D eigenvalue weighted by Crippen LogP contribution is 2.37. The fourth-order valence-corrected chi connectivity index (χ4v) is 6.61. The van der Waals surface area contributed by atoms with E-state index in [0.717, 1.165) is 22.0 Å². The number of benzene rings is 3. The monoisotopic (exact) mass is 580 g/mol. The fraction of sp³-hybridized carbons (Fsp3) is 0.300. The summed E-state index contributed by atoms with van der Waals surface area (Å²) in [4.78, 5) is 13.7. The zero-order chi connectivity index (χ0) is 28.4. The Bertz CT molecular complexity index is 1640. The van der Waals surface area contributed by atoms with E-state index in [0.29, 0.717) is 41.3 Å². The number of nitrogens with zero attached hydrogens (tertiary/aromatic N) is 2. The van der Waals surface area contributed by atoms with Gasteiger partial charge in [0.25, 0.3) is 5.91 Å². The highest BCUT2D eigenvalue weighted by Gasteiger charge is 2.29. The molecule has 3 N–H and O–H groups in total. The summed E-state index contributed by atoms with van der Waals surface area (Å²) in [6, 6.07) is 19.7. The second-order valence-electron chi connectivity index (χ2n) is 10.1.